The maximum Gasteiger partial charge on any atom is 0.243 e. The summed E-state index contributed by atoms with van der Waals surface area (Å²) in [4.78, 5) is 0.273. The quantitative estimate of drug-likeness (QED) is 0.873. The summed E-state index contributed by atoms with van der Waals surface area (Å²) in [6.07, 6.45) is -0.382. The van der Waals surface area contributed by atoms with Gasteiger partial charge in [0.25, 0.3) is 0 Å². The van der Waals surface area contributed by atoms with Gasteiger partial charge < -0.3 is 4.74 Å². The Kier molecular flexibility index (Phi) is 4.24. The van der Waals surface area contributed by atoms with Crippen molar-refractivity contribution in [3.63, 3.8) is 0 Å². The second-order valence-electron chi connectivity index (χ2n) is 5.09. The van der Waals surface area contributed by atoms with Gasteiger partial charge in [-0.3, -0.25) is 0 Å². The van der Waals surface area contributed by atoms with E-state index in [4.69, 9.17) is 4.74 Å². The maximum atomic E-state index is 13.0. The van der Waals surface area contributed by atoms with Crippen LogP contribution in [-0.4, -0.2) is 32.4 Å². The van der Waals surface area contributed by atoms with E-state index in [0.717, 1.165) is 5.56 Å². The average molecular weight is 321 g/mol. The molecule has 0 spiro atoms. The number of halogens is 1. The lowest BCUT2D eigenvalue weighted by Gasteiger charge is -2.32. The second-order valence-corrected chi connectivity index (χ2v) is 7.03. The number of hydrogen-bond acceptors (Lipinski definition) is 3. The third kappa shape index (κ3) is 3.04. The third-order valence-electron chi connectivity index (χ3n) is 3.65. The van der Waals surface area contributed by atoms with Crippen LogP contribution in [0.5, 0.6) is 0 Å². The number of sulfonamides is 1. The van der Waals surface area contributed by atoms with Gasteiger partial charge in [-0.05, 0) is 29.8 Å². The molecule has 0 aromatic heterocycles. The Labute approximate surface area is 129 Å². The van der Waals surface area contributed by atoms with Crippen LogP contribution >= 0.6 is 0 Å². The highest BCUT2D eigenvalue weighted by molar-refractivity contribution is 7.89. The first kappa shape index (κ1) is 15.1. The Morgan fingerprint density at radius 2 is 1.73 bits per heavy atom. The van der Waals surface area contributed by atoms with E-state index in [1.54, 1.807) is 42.5 Å². The van der Waals surface area contributed by atoms with Gasteiger partial charge in [0.1, 0.15) is 5.82 Å². The molecule has 4 nitrogen and oxygen atoms in total. The Bertz CT molecular complexity index is 732. The van der Waals surface area contributed by atoms with Crippen molar-refractivity contribution in [2.75, 3.05) is 19.7 Å². The van der Waals surface area contributed by atoms with Crippen LogP contribution in [0.1, 0.15) is 11.7 Å². The van der Waals surface area contributed by atoms with E-state index in [2.05, 4.69) is 0 Å². The standard InChI is InChI=1S/C16H16FNO3S/c17-14-8-6-13(7-9-14)16-12-18(10-11-21-16)22(19,20)15-4-2-1-3-5-15/h1-9,16H,10-12H2/t16-/m0/s1. The summed E-state index contributed by atoms with van der Waals surface area (Å²) in [7, 11) is -3.53. The number of benzene rings is 2. The van der Waals surface area contributed by atoms with Gasteiger partial charge in [0, 0.05) is 13.1 Å². The highest BCUT2D eigenvalue weighted by Crippen LogP contribution is 2.26. The predicted molar refractivity (Wildman–Crippen MR) is 80.3 cm³/mol. The Morgan fingerprint density at radius 1 is 1.05 bits per heavy atom. The van der Waals surface area contributed by atoms with E-state index in [9.17, 15) is 12.8 Å². The molecule has 0 amide bonds. The number of hydrogen-bond donors (Lipinski definition) is 0. The molecule has 116 valence electrons. The SMILES string of the molecule is O=S(=O)(c1ccccc1)N1CCO[C@H](c2ccc(F)cc2)C1. The van der Waals surface area contributed by atoms with Crippen LogP contribution in [-0.2, 0) is 14.8 Å². The van der Waals surface area contributed by atoms with Crippen molar-refractivity contribution in [1.82, 2.24) is 4.31 Å². The average Bonchev–Trinajstić information content (AvgIpc) is 2.56. The van der Waals surface area contributed by atoms with Crippen molar-refractivity contribution >= 4 is 10.0 Å². The predicted octanol–water partition coefficient (Wildman–Crippen LogP) is 2.59. The molecule has 2 aromatic rings. The van der Waals surface area contributed by atoms with E-state index < -0.39 is 10.0 Å². The Balaban J connectivity index is 1.82. The third-order valence-corrected chi connectivity index (χ3v) is 5.53. The van der Waals surface area contributed by atoms with Crippen molar-refractivity contribution < 1.29 is 17.5 Å². The van der Waals surface area contributed by atoms with Crippen molar-refractivity contribution in [2.45, 2.75) is 11.0 Å². The molecule has 1 aliphatic heterocycles. The molecule has 3 rings (SSSR count). The van der Waals surface area contributed by atoms with Crippen LogP contribution < -0.4 is 0 Å². The highest BCUT2D eigenvalue weighted by Gasteiger charge is 2.31. The monoisotopic (exact) mass is 321 g/mol. The van der Waals surface area contributed by atoms with E-state index >= 15 is 0 Å². The van der Waals surface area contributed by atoms with Gasteiger partial charge in [0.15, 0.2) is 0 Å². The molecule has 0 unspecified atom stereocenters. The van der Waals surface area contributed by atoms with Gasteiger partial charge in [-0.2, -0.15) is 4.31 Å². The summed E-state index contributed by atoms with van der Waals surface area (Å²) in [6, 6.07) is 14.3. The summed E-state index contributed by atoms with van der Waals surface area (Å²) in [6.45, 7) is 0.853. The molecule has 0 saturated carbocycles. The molecule has 1 heterocycles. The molecule has 1 saturated heterocycles. The molecule has 2 aromatic carbocycles. The lowest BCUT2D eigenvalue weighted by Crippen LogP contribution is -2.42. The van der Waals surface area contributed by atoms with E-state index in [1.165, 1.54) is 16.4 Å². The molecular weight excluding hydrogens is 305 g/mol. The van der Waals surface area contributed by atoms with Crippen molar-refractivity contribution in [2.24, 2.45) is 0 Å². The molecule has 0 N–H and O–H groups in total. The van der Waals surface area contributed by atoms with Gasteiger partial charge in [-0.15, -0.1) is 0 Å². The summed E-state index contributed by atoms with van der Waals surface area (Å²) in [5, 5.41) is 0. The summed E-state index contributed by atoms with van der Waals surface area (Å²) >= 11 is 0. The molecule has 1 atom stereocenters. The van der Waals surface area contributed by atoms with Crippen LogP contribution in [0.3, 0.4) is 0 Å². The van der Waals surface area contributed by atoms with Crippen molar-refractivity contribution in [3.05, 3.63) is 66.0 Å². The zero-order chi connectivity index (χ0) is 15.6. The minimum Gasteiger partial charge on any atom is -0.371 e. The first-order chi connectivity index (χ1) is 10.6. The largest absolute Gasteiger partial charge is 0.371 e. The van der Waals surface area contributed by atoms with Crippen LogP contribution in [0, 0.1) is 5.82 Å². The number of rotatable bonds is 3. The number of morpholine rings is 1. The van der Waals surface area contributed by atoms with Crippen LogP contribution in [0.4, 0.5) is 4.39 Å². The lowest BCUT2D eigenvalue weighted by atomic mass is 10.1. The molecule has 22 heavy (non-hydrogen) atoms. The van der Waals surface area contributed by atoms with E-state index in [-0.39, 0.29) is 23.4 Å². The normalized spacial score (nSPS) is 20.0. The first-order valence-electron chi connectivity index (χ1n) is 6.99. The van der Waals surface area contributed by atoms with Crippen molar-refractivity contribution in [3.8, 4) is 0 Å². The van der Waals surface area contributed by atoms with Crippen LogP contribution in [0.15, 0.2) is 59.5 Å². The van der Waals surface area contributed by atoms with Gasteiger partial charge in [0.05, 0.1) is 17.6 Å². The maximum absolute atomic E-state index is 13.0. The zero-order valence-electron chi connectivity index (χ0n) is 11.9. The molecule has 1 aliphatic rings. The summed E-state index contributed by atoms with van der Waals surface area (Å²) in [5.74, 6) is -0.326. The molecular formula is C16H16FNO3S. The minimum atomic E-state index is -3.53. The van der Waals surface area contributed by atoms with E-state index in [0.29, 0.717) is 13.2 Å². The molecule has 0 radical (unpaired) electrons. The molecule has 6 heteroatoms. The van der Waals surface area contributed by atoms with E-state index in [1.807, 2.05) is 0 Å². The molecule has 0 aliphatic carbocycles. The molecule has 1 fully saturated rings. The fourth-order valence-electron chi connectivity index (χ4n) is 2.46. The fraction of sp³-hybridized carbons (Fsp3) is 0.250. The second kappa shape index (κ2) is 6.16. The van der Waals surface area contributed by atoms with Gasteiger partial charge >= 0.3 is 0 Å². The molecule has 0 bridgehead atoms. The highest BCUT2D eigenvalue weighted by atomic mass is 32.2. The van der Waals surface area contributed by atoms with Gasteiger partial charge in [-0.1, -0.05) is 30.3 Å². The first-order valence-corrected chi connectivity index (χ1v) is 8.43. The lowest BCUT2D eigenvalue weighted by molar-refractivity contribution is -0.00258. The summed E-state index contributed by atoms with van der Waals surface area (Å²) < 4.78 is 45.3. The van der Waals surface area contributed by atoms with Gasteiger partial charge in [0.2, 0.25) is 10.0 Å². The zero-order valence-corrected chi connectivity index (χ0v) is 12.7. The number of nitrogens with zero attached hydrogens (tertiary/aromatic N) is 1. The number of ether oxygens (including phenoxy) is 1. The smallest absolute Gasteiger partial charge is 0.243 e. The Morgan fingerprint density at radius 3 is 2.41 bits per heavy atom. The van der Waals surface area contributed by atoms with Gasteiger partial charge in [-0.25, -0.2) is 12.8 Å². The minimum absolute atomic E-state index is 0.225. The Hall–Kier alpha value is -1.76. The summed E-state index contributed by atoms with van der Waals surface area (Å²) in [5.41, 5.74) is 0.773. The fourth-order valence-corrected chi connectivity index (χ4v) is 3.91. The van der Waals surface area contributed by atoms with Crippen LogP contribution in [0.25, 0.3) is 0 Å². The van der Waals surface area contributed by atoms with Crippen LogP contribution in [0.2, 0.25) is 0 Å². The topological polar surface area (TPSA) is 46.6 Å². The van der Waals surface area contributed by atoms with Crippen molar-refractivity contribution in [1.29, 1.82) is 0 Å².